The van der Waals surface area contributed by atoms with Crippen molar-refractivity contribution in [2.75, 3.05) is 6.61 Å². The number of benzene rings is 2. The van der Waals surface area contributed by atoms with Crippen molar-refractivity contribution >= 4 is 11.9 Å². The molecular formula is C25H29NO4. The number of carbonyl (C=O) groups is 2. The van der Waals surface area contributed by atoms with E-state index >= 15 is 0 Å². The highest BCUT2D eigenvalue weighted by Gasteiger charge is 2.45. The second kappa shape index (κ2) is 9.79. The molecule has 2 fully saturated rings. The number of hydrogen-bond acceptors (Lipinski definition) is 4. The first kappa shape index (κ1) is 20.5. The number of rotatable bonds is 8. The van der Waals surface area contributed by atoms with Crippen molar-refractivity contribution in [2.24, 2.45) is 5.92 Å². The van der Waals surface area contributed by atoms with E-state index < -0.39 is 0 Å². The lowest BCUT2D eigenvalue weighted by Crippen LogP contribution is -2.48. The van der Waals surface area contributed by atoms with Crippen molar-refractivity contribution in [1.82, 2.24) is 4.90 Å². The van der Waals surface area contributed by atoms with Crippen LogP contribution in [0.25, 0.3) is 0 Å². The van der Waals surface area contributed by atoms with Gasteiger partial charge in [0.15, 0.2) is 0 Å². The molecule has 0 N–H and O–H groups in total. The second-order valence-corrected chi connectivity index (χ2v) is 8.23. The Labute approximate surface area is 178 Å². The Balaban J connectivity index is 1.22. The van der Waals surface area contributed by atoms with E-state index in [1.54, 1.807) is 0 Å². The van der Waals surface area contributed by atoms with Crippen LogP contribution in [-0.2, 0) is 16.1 Å². The van der Waals surface area contributed by atoms with Crippen LogP contribution in [-0.4, -0.2) is 35.5 Å². The number of ketones is 1. The monoisotopic (exact) mass is 407 g/mol. The van der Waals surface area contributed by atoms with Gasteiger partial charge in [-0.1, -0.05) is 48.5 Å². The molecule has 2 heterocycles. The molecule has 2 atom stereocenters. The van der Waals surface area contributed by atoms with Crippen molar-refractivity contribution in [3.05, 3.63) is 66.2 Å². The SMILES string of the molecule is O=C(CCCOc1ccccc1)C1CC2CCC(C1)N2C(=O)OCc1ccccc1. The summed E-state index contributed by atoms with van der Waals surface area (Å²) in [6.45, 7) is 0.840. The molecule has 158 valence electrons. The van der Waals surface area contributed by atoms with Crippen molar-refractivity contribution in [1.29, 1.82) is 0 Å². The van der Waals surface area contributed by atoms with E-state index in [1.165, 1.54) is 0 Å². The minimum Gasteiger partial charge on any atom is -0.494 e. The van der Waals surface area contributed by atoms with E-state index in [1.807, 2.05) is 65.6 Å². The minimum atomic E-state index is -0.242. The molecule has 0 aliphatic carbocycles. The number of nitrogens with zero attached hydrogens (tertiary/aromatic N) is 1. The molecule has 0 saturated carbocycles. The molecule has 2 saturated heterocycles. The van der Waals surface area contributed by atoms with Crippen molar-refractivity contribution in [2.45, 2.75) is 57.2 Å². The molecule has 0 radical (unpaired) electrons. The molecule has 2 aromatic rings. The zero-order chi connectivity index (χ0) is 20.8. The van der Waals surface area contributed by atoms with E-state index in [9.17, 15) is 9.59 Å². The van der Waals surface area contributed by atoms with Crippen LogP contribution in [0, 0.1) is 5.92 Å². The average molecular weight is 408 g/mol. The van der Waals surface area contributed by atoms with Gasteiger partial charge in [-0.15, -0.1) is 0 Å². The highest BCUT2D eigenvalue weighted by atomic mass is 16.6. The van der Waals surface area contributed by atoms with Crippen LogP contribution < -0.4 is 4.74 Å². The number of fused-ring (bicyclic) bond motifs is 2. The number of piperidine rings is 1. The van der Waals surface area contributed by atoms with Crippen LogP contribution in [0.15, 0.2) is 60.7 Å². The summed E-state index contributed by atoms with van der Waals surface area (Å²) in [5, 5.41) is 0. The fourth-order valence-corrected chi connectivity index (χ4v) is 4.69. The summed E-state index contributed by atoms with van der Waals surface area (Å²) in [6.07, 6.45) is 4.47. The normalized spacial score (nSPS) is 22.5. The van der Waals surface area contributed by atoms with Gasteiger partial charge in [-0.2, -0.15) is 0 Å². The van der Waals surface area contributed by atoms with Crippen molar-refractivity contribution in [3.63, 3.8) is 0 Å². The maximum Gasteiger partial charge on any atom is 0.410 e. The number of Topliss-reactive ketones (excluding diaryl/α,β-unsaturated/α-hetero) is 1. The molecule has 5 nitrogen and oxygen atoms in total. The summed E-state index contributed by atoms with van der Waals surface area (Å²) < 4.78 is 11.2. The molecule has 2 unspecified atom stereocenters. The zero-order valence-electron chi connectivity index (χ0n) is 17.2. The van der Waals surface area contributed by atoms with Crippen molar-refractivity contribution in [3.8, 4) is 5.75 Å². The summed E-state index contributed by atoms with van der Waals surface area (Å²) >= 11 is 0. The van der Waals surface area contributed by atoms with Gasteiger partial charge in [0.25, 0.3) is 0 Å². The lowest BCUT2D eigenvalue weighted by atomic mass is 9.86. The van der Waals surface area contributed by atoms with Crippen molar-refractivity contribution < 1.29 is 19.1 Å². The third kappa shape index (κ3) is 5.02. The first-order chi connectivity index (χ1) is 14.7. The Bertz CT molecular complexity index is 825. The molecule has 4 rings (SSSR count). The summed E-state index contributed by atoms with van der Waals surface area (Å²) in [6, 6.07) is 19.7. The van der Waals surface area contributed by atoms with Crippen LogP contribution >= 0.6 is 0 Å². The predicted molar refractivity (Wildman–Crippen MR) is 114 cm³/mol. The van der Waals surface area contributed by atoms with E-state index in [-0.39, 0.29) is 24.1 Å². The van der Waals surface area contributed by atoms with Crippen LogP contribution in [0.1, 0.15) is 44.1 Å². The van der Waals surface area contributed by atoms with Gasteiger partial charge in [-0.3, -0.25) is 4.79 Å². The second-order valence-electron chi connectivity index (χ2n) is 8.23. The largest absolute Gasteiger partial charge is 0.494 e. The van der Waals surface area contributed by atoms with Gasteiger partial charge >= 0.3 is 6.09 Å². The average Bonchev–Trinajstić information content (AvgIpc) is 3.05. The van der Waals surface area contributed by atoms with Gasteiger partial charge in [0, 0.05) is 24.4 Å². The van der Waals surface area contributed by atoms with Crippen LogP contribution in [0.2, 0.25) is 0 Å². The number of para-hydroxylation sites is 1. The molecular weight excluding hydrogens is 378 g/mol. The first-order valence-corrected chi connectivity index (χ1v) is 10.9. The smallest absolute Gasteiger partial charge is 0.410 e. The Kier molecular flexibility index (Phi) is 6.67. The summed E-state index contributed by atoms with van der Waals surface area (Å²) in [5.41, 5.74) is 0.987. The first-order valence-electron chi connectivity index (χ1n) is 10.9. The lowest BCUT2D eigenvalue weighted by Gasteiger charge is -2.37. The molecule has 0 spiro atoms. The van der Waals surface area contributed by atoms with Gasteiger partial charge in [0.2, 0.25) is 0 Å². The van der Waals surface area contributed by atoms with E-state index in [0.29, 0.717) is 25.4 Å². The fourth-order valence-electron chi connectivity index (χ4n) is 4.69. The topological polar surface area (TPSA) is 55.8 Å². The standard InChI is InChI=1S/C25H29NO4/c27-24(12-7-15-29-23-10-5-2-6-11-23)20-16-21-13-14-22(17-20)26(21)25(28)30-18-19-8-3-1-4-9-19/h1-6,8-11,20-22H,7,12-18H2. The van der Waals surface area contributed by atoms with E-state index in [2.05, 4.69) is 0 Å². The van der Waals surface area contributed by atoms with Gasteiger partial charge in [0.1, 0.15) is 18.1 Å². The number of hydrogen-bond donors (Lipinski definition) is 0. The third-order valence-corrected chi connectivity index (χ3v) is 6.18. The summed E-state index contributed by atoms with van der Waals surface area (Å²) in [7, 11) is 0. The molecule has 0 aromatic heterocycles. The fraction of sp³-hybridized carbons (Fsp3) is 0.440. The molecule has 2 aliphatic rings. The maximum absolute atomic E-state index is 12.7. The number of amides is 1. The van der Waals surface area contributed by atoms with Crippen LogP contribution in [0.4, 0.5) is 4.79 Å². The molecule has 5 heteroatoms. The Hall–Kier alpha value is -2.82. The van der Waals surface area contributed by atoms with Gasteiger partial charge in [-0.25, -0.2) is 4.79 Å². The number of carbonyl (C=O) groups excluding carboxylic acids is 2. The lowest BCUT2D eigenvalue weighted by molar-refractivity contribution is -0.125. The minimum absolute atomic E-state index is 0.0531. The predicted octanol–water partition coefficient (Wildman–Crippen LogP) is 4.99. The highest BCUT2D eigenvalue weighted by molar-refractivity contribution is 5.81. The Morgan fingerprint density at radius 1 is 0.900 bits per heavy atom. The Morgan fingerprint density at radius 3 is 2.20 bits per heavy atom. The Morgan fingerprint density at radius 2 is 1.53 bits per heavy atom. The van der Waals surface area contributed by atoms with Gasteiger partial charge in [0.05, 0.1) is 6.61 Å². The zero-order valence-corrected chi connectivity index (χ0v) is 17.2. The third-order valence-electron chi connectivity index (χ3n) is 6.18. The number of ether oxygens (including phenoxy) is 2. The van der Waals surface area contributed by atoms with E-state index in [0.717, 1.165) is 43.4 Å². The quantitative estimate of drug-likeness (QED) is 0.578. The van der Waals surface area contributed by atoms with Crippen LogP contribution in [0.3, 0.4) is 0 Å². The highest BCUT2D eigenvalue weighted by Crippen LogP contribution is 2.40. The molecule has 30 heavy (non-hydrogen) atoms. The molecule has 2 aliphatic heterocycles. The molecule has 2 bridgehead atoms. The summed E-state index contributed by atoms with van der Waals surface area (Å²) in [4.78, 5) is 27.3. The molecule has 1 amide bonds. The van der Waals surface area contributed by atoms with E-state index in [4.69, 9.17) is 9.47 Å². The van der Waals surface area contributed by atoms with Crippen LogP contribution in [0.5, 0.6) is 5.75 Å². The van der Waals surface area contributed by atoms with Gasteiger partial charge in [-0.05, 0) is 49.8 Å². The van der Waals surface area contributed by atoms with Gasteiger partial charge < -0.3 is 14.4 Å². The summed E-state index contributed by atoms with van der Waals surface area (Å²) in [5.74, 6) is 1.20. The maximum atomic E-state index is 12.7. The molecule has 2 aromatic carbocycles.